The van der Waals surface area contributed by atoms with E-state index in [0.717, 1.165) is 5.56 Å². The fourth-order valence-corrected chi connectivity index (χ4v) is 1.85. The second-order valence-electron chi connectivity index (χ2n) is 4.89. The van der Waals surface area contributed by atoms with Crippen LogP contribution in [-0.2, 0) is 4.79 Å². The molecule has 0 fully saturated rings. The molecule has 1 heterocycles. The first kappa shape index (κ1) is 17.5. The molecular formula is C17H21N3O4. The summed E-state index contributed by atoms with van der Waals surface area (Å²) < 4.78 is 16.1. The van der Waals surface area contributed by atoms with Crippen LogP contribution in [0.5, 0.6) is 17.6 Å². The summed E-state index contributed by atoms with van der Waals surface area (Å²) >= 11 is 0. The third-order valence-corrected chi connectivity index (χ3v) is 2.95. The molecule has 128 valence electrons. The summed E-state index contributed by atoms with van der Waals surface area (Å²) in [5, 5.41) is 2.68. The number of benzene rings is 1. The minimum absolute atomic E-state index is 0.123. The summed E-state index contributed by atoms with van der Waals surface area (Å²) in [7, 11) is 0. The van der Waals surface area contributed by atoms with Crippen LogP contribution in [0.25, 0.3) is 0 Å². The van der Waals surface area contributed by atoms with Crippen LogP contribution < -0.4 is 19.5 Å². The van der Waals surface area contributed by atoms with Crippen LogP contribution >= 0.6 is 0 Å². The number of carbonyl (C=O) groups is 1. The highest BCUT2D eigenvalue weighted by molar-refractivity contribution is 5.92. The number of hydrogen-bond acceptors (Lipinski definition) is 6. The summed E-state index contributed by atoms with van der Waals surface area (Å²) in [6.45, 7) is 6.38. The van der Waals surface area contributed by atoms with E-state index in [0.29, 0.717) is 24.7 Å². The summed E-state index contributed by atoms with van der Waals surface area (Å²) in [6, 6.07) is 7.67. The molecule has 0 aliphatic heterocycles. The van der Waals surface area contributed by atoms with Crippen LogP contribution in [0.2, 0.25) is 0 Å². The van der Waals surface area contributed by atoms with E-state index in [4.69, 9.17) is 14.2 Å². The smallest absolute Gasteiger partial charge is 0.319 e. The van der Waals surface area contributed by atoms with E-state index in [1.807, 2.05) is 45.0 Å². The summed E-state index contributed by atoms with van der Waals surface area (Å²) in [6.07, 6.45) is 1.45. The zero-order valence-corrected chi connectivity index (χ0v) is 14.0. The molecule has 1 aromatic carbocycles. The zero-order chi connectivity index (χ0) is 17.4. The van der Waals surface area contributed by atoms with Crippen LogP contribution in [0.1, 0.15) is 19.4 Å². The Balaban J connectivity index is 1.98. The number of hydrogen-bond donors (Lipinski definition) is 1. The van der Waals surface area contributed by atoms with Crippen molar-refractivity contribution in [3.05, 3.63) is 36.0 Å². The quantitative estimate of drug-likeness (QED) is 0.800. The normalized spacial score (nSPS) is 10.1. The Bertz CT molecular complexity index is 674. The fourth-order valence-electron chi connectivity index (χ4n) is 1.85. The van der Waals surface area contributed by atoms with E-state index in [-0.39, 0.29) is 24.4 Å². The standard InChI is InChI=1S/C17H21N3O4/c1-4-22-16-14(10-18-17(20-16)23-5-2)19-15(21)11-24-13-8-6-12(3)7-9-13/h6-10H,4-5,11H2,1-3H3,(H,19,21). The lowest BCUT2D eigenvalue weighted by molar-refractivity contribution is -0.118. The van der Waals surface area contributed by atoms with Gasteiger partial charge in [0.15, 0.2) is 6.61 Å². The molecule has 0 bridgehead atoms. The Hall–Kier alpha value is -2.83. The number of carbonyl (C=O) groups excluding carboxylic acids is 1. The average molecular weight is 331 g/mol. The Kier molecular flexibility index (Phi) is 6.36. The van der Waals surface area contributed by atoms with Crippen molar-refractivity contribution >= 4 is 11.6 Å². The van der Waals surface area contributed by atoms with Gasteiger partial charge in [-0.3, -0.25) is 4.79 Å². The highest BCUT2D eigenvalue weighted by Crippen LogP contribution is 2.23. The van der Waals surface area contributed by atoms with Gasteiger partial charge in [-0.25, -0.2) is 4.98 Å². The molecule has 0 saturated heterocycles. The summed E-state index contributed by atoms with van der Waals surface area (Å²) in [5.74, 6) is 0.563. The van der Waals surface area contributed by atoms with Gasteiger partial charge < -0.3 is 19.5 Å². The Morgan fingerprint density at radius 1 is 1.08 bits per heavy atom. The van der Waals surface area contributed by atoms with Crippen molar-refractivity contribution in [3.63, 3.8) is 0 Å². The number of aromatic nitrogens is 2. The lowest BCUT2D eigenvalue weighted by Gasteiger charge is -2.12. The van der Waals surface area contributed by atoms with Gasteiger partial charge in [0.05, 0.1) is 19.4 Å². The number of nitrogens with one attached hydrogen (secondary N) is 1. The first-order chi connectivity index (χ1) is 11.6. The predicted molar refractivity (Wildman–Crippen MR) is 89.7 cm³/mol. The highest BCUT2D eigenvalue weighted by atomic mass is 16.5. The molecule has 7 heteroatoms. The summed E-state index contributed by atoms with van der Waals surface area (Å²) in [4.78, 5) is 20.2. The van der Waals surface area contributed by atoms with Gasteiger partial charge in [0.2, 0.25) is 5.88 Å². The third kappa shape index (κ3) is 5.12. The van der Waals surface area contributed by atoms with Gasteiger partial charge >= 0.3 is 6.01 Å². The monoisotopic (exact) mass is 331 g/mol. The van der Waals surface area contributed by atoms with E-state index in [1.54, 1.807) is 0 Å². The molecule has 0 radical (unpaired) electrons. The van der Waals surface area contributed by atoms with Crippen molar-refractivity contribution in [1.29, 1.82) is 0 Å². The third-order valence-electron chi connectivity index (χ3n) is 2.95. The second-order valence-corrected chi connectivity index (χ2v) is 4.89. The SMILES string of the molecule is CCOc1ncc(NC(=O)COc2ccc(C)cc2)c(OCC)n1. The molecule has 24 heavy (non-hydrogen) atoms. The number of anilines is 1. The van der Waals surface area contributed by atoms with Crippen LogP contribution in [0.3, 0.4) is 0 Å². The number of rotatable bonds is 8. The van der Waals surface area contributed by atoms with Crippen molar-refractivity contribution in [3.8, 4) is 17.6 Å². The van der Waals surface area contributed by atoms with Gasteiger partial charge in [-0.2, -0.15) is 4.98 Å². The average Bonchev–Trinajstić information content (AvgIpc) is 2.57. The zero-order valence-electron chi connectivity index (χ0n) is 14.0. The maximum atomic E-state index is 12.0. The van der Waals surface area contributed by atoms with Gasteiger partial charge in [-0.1, -0.05) is 17.7 Å². The highest BCUT2D eigenvalue weighted by Gasteiger charge is 2.12. The molecule has 2 aromatic rings. The van der Waals surface area contributed by atoms with Gasteiger partial charge in [-0.15, -0.1) is 0 Å². The molecule has 1 aromatic heterocycles. The molecule has 2 rings (SSSR count). The van der Waals surface area contributed by atoms with Gasteiger partial charge in [-0.05, 0) is 32.9 Å². The van der Waals surface area contributed by atoms with Crippen LogP contribution in [0.4, 0.5) is 5.69 Å². The van der Waals surface area contributed by atoms with Crippen LogP contribution in [0.15, 0.2) is 30.5 Å². The van der Waals surface area contributed by atoms with E-state index < -0.39 is 0 Å². The number of ether oxygens (including phenoxy) is 3. The topological polar surface area (TPSA) is 82.6 Å². The molecular weight excluding hydrogens is 310 g/mol. The first-order valence-electron chi connectivity index (χ1n) is 7.74. The molecule has 0 spiro atoms. The van der Waals surface area contributed by atoms with Gasteiger partial charge in [0.25, 0.3) is 5.91 Å². The van der Waals surface area contributed by atoms with Crippen molar-refractivity contribution in [2.75, 3.05) is 25.1 Å². The first-order valence-corrected chi connectivity index (χ1v) is 7.74. The number of amides is 1. The largest absolute Gasteiger partial charge is 0.484 e. The minimum Gasteiger partial charge on any atom is -0.484 e. The van der Waals surface area contributed by atoms with Gasteiger partial charge in [0.1, 0.15) is 11.4 Å². The fraction of sp³-hybridized carbons (Fsp3) is 0.353. The maximum absolute atomic E-state index is 12.0. The van der Waals surface area contributed by atoms with Crippen molar-refractivity contribution in [1.82, 2.24) is 9.97 Å². The maximum Gasteiger partial charge on any atom is 0.319 e. The van der Waals surface area contributed by atoms with Crippen LogP contribution in [0, 0.1) is 6.92 Å². The van der Waals surface area contributed by atoms with E-state index >= 15 is 0 Å². The van der Waals surface area contributed by atoms with E-state index in [9.17, 15) is 4.79 Å². The number of nitrogens with zero attached hydrogens (tertiary/aromatic N) is 2. The number of aryl methyl sites for hydroxylation is 1. The molecule has 1 amide bonds. The molecule has 7 nitrogen and oxygen atoms in total. The second kappa shape index (κ2) is 8.71. The van der Waals surface area contributed by atoms with Crippen molar-refractivity contribution in [2.45, 2.75) is 20.8 Å². The van der Waals surface area contributed by atoms with E-state index in [1.165, 1.54) is 6.20 Å². The Morgan fingerprint density at radius 3 is 2.46 bits per heavy atom. The summed E-state index contributed by atoms with van der Waals surface area (Å²) in [5.41, 5.74) is 1.50. The lowest BCUT2D eigenvalue weighted by Crippen LogP contribution is -2.21. The molecule has 0 atom stereocenters. The minimum atomic E-state index is -0.329. The lowest BCUT2D eigenvalue weighted by atomic mass is 10.2. The molecule has 1 N–H and O–H groups in total. The van der Waals surface area contributed by atoms with Crippen LogP contribution in [-0.4, -0.2) is 35.7 Å². The Morgan fingerprint density at radius 2 is 1.79 bits per heavy atom. The van der Waals surface area contributed by atoms with E-state index in [2.05, 4.69) is 15.3 Å². The Labute approximate surface area is 141 Å². The van der Waals surface area contributed by atoms with Crippen molar-refractivity contribution in [2.24, 2.45) is 0 Å². The molecule has 0 aliphatic carbocycles. The van der Waals surface area contributed by atoms with Gasteiger partial charge in [0, 0.05) is 0 Å². The molecule has 0 saturated carbocycles. The molecule has 0 unspecified atom stereocenters. The predicted octanol–water partition coefficient (Wildman–Crippen LogP) is 2.60. The van der Waals surface area contributed by atoms with Crippen molar-refractivity contribution < 1.29 is 19.0 Å². The molecule has 0 aliphatic rings.